The van der Waals surface area contributed by atoms with Crippen molar-refractivity contribution in [2.75, 3.05) is 20.2 Å². The van der Waals surface area contributed by atoms with Crippen molar-refractivity contribution in [3.05, 3.63) is 29.8 Å². The number of carbonyl (C=O) groups excluding carboxylic acids is 1. The Labute approximate surface area is 132 Å². The van der Waals surface area contributed by atoms with Gasteiger partial charge in [-0.1, -0.05) is 37.5 Å². The molecule has 5 heteroatoms. The van der Waals surface area contributed by atoms with Crippen molar-refractivity contribution in [2.45, 2.75) is 44.1 Å². The van der Waals surface area contributed by atoms with Crippen LogP contribution in [0.25, 0.3) is 0 Å². The fourth-order valence-electron chi connectivity index (χ4n) is 2.91. The number of benzene rings is 1. The Morgan fingerprint density at radius 2 is 1.95 bits per heavy atom. The minimum atomic E-state index is -0.724. The van der Waals surface area contributed by atoms with Gasteiger partial charge in [-0.2, -0.15) is 0 Å². The second-order valence-electron chi connectivity index (χ2n) is 5.96. The van der Waals surface area contributed by atoms with E-state index in [9.17, 15) is 9.90 Å². The normalized spacial score (nSPS) is 16.8. The quantitative estimate of drug-likeness (QED) is 0.755. The molecule has 0 aliphatic heterocycles. The third kappa shape index (κ3) is 4.91. The second kappa shape index (κ2) is 8.03. The van der Waals surface area contributed by atoms with Gasteiger partial charge in [0.2, 0.25) is 0 Å². The summed E-state index contributed by atoms with van der Waals surface area (Å²) in [6.07, 6.45) is 5.50. The van der Waals surface area contributed by atoms with Crippen LogP contribution in [0.2, 0.25) is 0 Å². The first-order chi connectivity index (χ1) is 10.6. The summed E-state index contributed by atoms with van der Waals surface area (Å²) in [5.74, 6) is 0.834. The Kier molecular flexibility index (Phi) is 6.07. The van der Waals surface area contributed by atoms with Gasteiger partial charge in [0.25, 0.3) is 0 Å². The summed E-state index contributed by atoms with van der Waals surface area (Å²) in [5, 5.41) is 15.9. The summed E-state index contributed by atoms with van der Waals surface area (Å²) in [5.41, 5.74) is 0.342. The van der Waals surface area contributed by atoms with E-state index >= 15 is 0 Å². The zero-order valence-electron chi connectivity index (χ0n) is 13.2. The van der Waals surface area contributed by atoms with Crippen molar-refractivity contribution < 1.29 is 14.6 Å². The molecular formula is C17H26N2O3. The van der Waals surface area contributed by atoms with Crippen LogP contribution in [0.1, 0.15) is 37.7 Å². The first-order valence-electron chi connectivity index (χ1n) is 7.99. The topological polar surface area (TPSA) is 70.6 Å². The molecule has 0 heterocycles. The number of amides is 2. The maximum atomic E-state index is 11.8. The van der Waals surface area contributed by atoms with Crippen molar-refractivity contribution in [3.8, 4) is 5.75 Å². The van der Waals surface area contributed by atoms with E-state index in [0.29, 0.717) is 19.5 Å². The highest BCUT2D eigenvalue weighted by molar-refractivity contribution is 5.73. The average Bonchev–Trinajstić information content (AvgIpc) is 2.54. The highest BCUT2D eigenvalue weighted by Gasteiger charge is 2.29. The van der Waals surface area contributed by atoms with Gasteiger partial charge in [-0.15, -0.1) is 0 Å². The van der Waals surface area contributed by atoms with Gasteiger partial charge in [-0.25, -0.2) is 4.79 Å². The molecule has 2 rings (SSSR count). The lowest BCUT2D eigenvalue weighted by atomic mass is 9.85. The molecule has 0 unspecified atom stereocenters. The maximum Gasteiger partial charge on any atom is 0.314 e. The van der Waals surface area contributed by atoms with E-state index in [1.54, 1.807) is 7.11 Å². The Morgan fingerprint density at radius 1 is 1.23 bits per heavy atom. The molecule has 1 aromatic rings. The average molecular weight is 306 g/mol. The molecule has 22 heavy (non-hydrogen) atoms. The van der Waals surface area contributed by atoms with E-state index in [-0.39, 0.29) is 6.03 Å². The van der Waals surface area contributed by atoms with E-state index in [2.05, 4.69) is 10.6 Å². The lowest BCUT2D eigenvalue weighted by Crippen LogP contribution is -2.47. The van der Waals surface area contributed by atoms with E-state index in [1.807, 2.05) is 24.3 Å². The van der Waals surface area contributed by atoms with Gasteiger partial charge in [0.1, 0.15) is 5.75 Å². The molecule has 3 N–H and O–H groups in total. The zero-order chi connectivity index (χ0) is 15.8. The molecule has 1 fully saturated rings. The van der Waals surface area contributed by atoms with E-state index < -0.39 is 5.60 Å². The number of urea groups is 1. The monoisotopic (exact) mass is 306 g/mol. The molecule has 1 saturated carbocycles. The minimum absolute atomic E-state index is 0.228. The number of rotatable bonds is 6. The SMILES string of the molecule is COc1ccccc1CCNC(=O)NCC1(O)CCCCC1. The zero-order valence-corrected chi connectivity index (χ0v) is 13.2. The smallest absolute Gasteiger partial charge is 0.314 e. The van der Waals surface area contributed by atoms with Crippen LogP contribution in [-0.2, 0) is 6.42 Å². The number of para-hydroxylation sites is 1. The highest BCUT2D eigenvalue weighted by Crippen LogP contribution is 2.27. The molecule has 1 aliphatic carbocycles. The van der Waals surface area contributed by atoms with Gasteiger partial charge in [0, 0.05) is 13.1 Å². The van der Waals surface area contributed by atoms with Gasteiger partial charge < -0.3 is 20.5 Å². The third-order valence-corrected chi connectivity index (χ3v) is 4.23. The Morgan fingerprint density at radius 3 is 2.68 bits per heavy atom. The third-order valence-electron chi connectivity index (χ3n) is 4.23. The molecular weight excluding hydrogens is 280 g/mol. The highest BCUT2D eigenvalue weighted by atomic mass is 16.5. The first-order valence-corrected chi connectivity index (χ1v) is 7.99. The van der Waals surface area contributed by atoms with Gasteiger partial charge in [-0.05, 0) is 30.9 Å². The lowest BCUT2D eigenvalue weighted by Gasteiger charge is -2.32. The van der Waals surface area contributed by atoms with Gasteiger partial charge in [-0.3, -0.25) is 0 Å². The number of methoxy groups -OCH3 is 1. The number of ether oxygens (including phenoxy) is 1. The van der Waals surface area contributed by atoms with Crippen LogP contribution in [0.3, 0.4) is 0 Å². The molecule has 1 aromatic carbocycles. The van der Waals surface area contributed by atoms with Crippen LogP contribution in [0.5, 0.6) is 5.75 Å². The molecule has 0 spiro atoms. The van der Waals surface area contributed by atoms with E-state index in [1.165, 1.54) is 6.42 Å². The number of hydrogen-bond acceptors (Lipinski definition) is 3. The van der Waals surface area contributed by atoms with Crippen molar-refractivity contribution >= 4 is 6.03 Å². The molecule has 1 aliphatic rings. The molecule has 0 bridgehead atoms. The number of aliphatic hydroxyl groups is 1. The number of nitrogens with one attached hydrogen (secondary N) is 2. The van der Waals surface area contributed by atoms with Crippen LogP contribution < -0.4 is 15.4 Å². The molecule has 0 aromatic heterocycles. The van der Waals surface area contributed by atoms with Gasteiger partial charge >= 0.3 is 6.03 Å². The lowest BCUT2D eigenvalue weighted by molar-refractivity contribution is 0.00720. The summed E-state index contributed by atoms with van der Waals surface area (Å²) in [6, 6.07) is 7.55. The maximum absolute atomic E-state index is 11.8. The summed E-state index contributed by atoms with van der Waals surface area (Å²) in [6.45, 7) is 0.859. The number of carbonyl (C=O) groups is 1. The summed E-state index contributed by atoms with van der Waals surface area (Å²) < 4.78 is 5.28. The molecule has 5 nitrogen and oxygen atoms in total. The van der Waals surface area contributed by atoms with Crippen LogP contribution in [0.4, 0.5) is 4.79 Å². The Bertz CT molecular complexity index is 485. The molecule has 0 radical (unpaired) electrons. The Balaban J connectivity index is 1.69. The van der Waals surface area contributed by atoms with Crippen LogP contribution in [0.15, 0.2) is 24.3 Å². The molecule has 2 amide bonds. The minimum Gasteiger partial charge on any atom is -0.496 e. The molecule has 122 valence electrons. The second-order valence-corrected chi connectivity index (χ2v) is 5.96. The number of hydrogen-bond donors (Lipinski definition) is 3. The largest absolute Gasteiger partial charge is 0.496 e. The first kappa shape index (κ1) is 16.6. The van der Waals surface area contributed by atoms with Crippen LogP contribution in [0, 0.1) is 0 Å². The fraction of sp³-hybridized carbons (Fsp3) is 0.588. The van der Waals surface area contributed by atoms with Crippen molar-refractivity contribution in [2.24, 2.45) is 0 Å². The van der Waals surface area contributed by atoms with Crippen molar-refractivity contribution in [1.82, 2.24) is 10.6 Å². The summed E-state index contributed by atoms with van der Waals surface area (Å²) in [7, 11) is 1.64. The Hall–Kier alpha value is -1.75. The predicted molar refractivity (Wildman–Crippen MR) is 86.1 cm³/mol. The predicted octanol–water partition coefficient (Wildman–Crippen LogP) is 2.23. The standard InChI is InChI=1S/C17H26N2O3/c1-22-15-8-4-3-7-14(15)9-12-18-16(20)19-13-17(21)10-5-2-6-11-17/h3-4,7-8,21H,2,5-6,9-13H2,1H3,(H2,18,19,20). The summed E-state index contributed by atoms with van der Waals surface area (Å²) >= 11 is 0. The molecule has 0 saturated heterocycles. The van der Waals surface area contributed by atoms with Gasteiger partial charge in [0.15, 0.2) is 0 Å². The van der Waals surface area contributed by atoms with Crippen LogP contribution >= 0.6 is 0 Å². The summed E-state index contributed by atoms with van der Waals surface area (Å²) in [4.78, 5) is 11.8. The van der Waals surface area contributed by atoms with E-state index in [0.717, 1.165) is 37.0 Å². The van der Waals surface area contributed by atoms with Crippen molar-refractivity contribution in [1.29, 1.82) is 0 Å². The molecule has 0 atom stereocenters. The van der Waals surface area contributed by atoms with Crippen LogP contribution in [-0.4, -0.2) is 36.9 Å². The van der Waals surface area contributed by atoms with Crippen molar-refractivity contribution in [3.63, 3.8) is 0 Å². The van der Waals surface area contributed by atoms with E-state index in [4.69, 9.17) is 4.74 Å². The van der Waals surface area contributed by atoms with Gasteiger partial charge in [0.05, 0.1) is 12.7 Å². The fourth-order valence-corrected chi connectivity index (χ4v) is 2.91.